The van der Waals surface area contributed by atoms with Gasteiger partial charge in [0.2, 0.25) is 0 Å². The smallest absolute Gasteiger partial charge is 0.348 e. The summed E-state index contributed by atoms with van der Waals surface area (Å²) in [6, 6.07) is 3.57. The number of halogens is 3. The van der Waals surface area contributed by atoms with E-state index in [-0.39, 0.29) is 26.9 Å². The van der Waals surface area contributed by atoms with Gasteiger partial charge in [0, 0.05) is 26.2 Å². The monoisotopic (exact) mass is 503 g/mol. The van der Waals surface area contributed by atoms with E-state index in [0.29, 0.717) is 22.5 Å². The van der Waals surface area contributed by atoms with E-state index in [9.17, 15) is 26.6 Å². The molecule has 1 atom stereocenters. The molecule has 3 N–H and O–H groups in total. The predicted molar refractivity (Wildman–Crippen MR) is 100.0 cm³/mol. The summed E-state index contributed by atoms with van der Waals surface area (Å²) in [7, 11) is -8.89. The second-order valence-electron chi connectivity index (χ2n) is 6.11. The van der Waals surface area contributed by atoms with Crippen molar-refractivity contribution in [3.8, 4) is 0 Å². The Bertz CT molecular complexity index is 1080. The molecule has 0 spiro atoms. The highest BCUT2D eigenvalue weighted by Gasteiger charge is 2.53. The maximum absolute atomic E-state index is 14.0. The van der Waals surface area contributed by atoms with Gasteiger partial charge in [-0.1, -0.05) is 0 Å². The van der Waals surface area contributed by atoms with Crippen LogP contribution in [0.15, 0.2) is 22.7 Å². The van der Waals surface area contributed by atoms with Crippen molar-refractivity contribution in [3.63, 3.8) is 0 Å². The second kappa shape index (κ2) is 6.85. The Morgan fingerprint density at radius 2 is 2.04 bits per heavy atom. The van der Waals surface area contributed by atoms with Crippen LogP contribution in [-0.4, -0.2) is 41.7 Å². The van der Waals surface area contributed by atoms with Crippen LogP contribution in [0.3, 0.4) is 0 Å². The van der Waals surface area contributed by atoms with Crippen LogP contribution >= 0.6 is 34.9 Å². The fourth-order valence-electron chi connectivity index (χ4n) is 2.71. The van der Waals surface area contributed by atoms with Crippen LogP contribution in [0.1, 0.15) is 21.7 Å². The third-order valence-corrected chi connectivity index (χ3v) is 9.30. The van der Waals surface area contributed by atoms with Crippen molar-refractivity contribution in [1.29, 1.82) is 0 Å². The lowest BCUT2D eigenvalue weighted by atomic mass is 10.1. The van der Waals surface area contributed by atoms with Gasteiger partial charge < -0.3 is 15.1 Å². The normalized spacial score (nSPS) is 20.1. The predicted octanol–water partition coefficient (Wildman–Crippen LogP) is 2.81. The molecule has 1 aromatic heterocycles. The molecule has 3 rings (SSSR count). The summed E-state index contributed by atoms with van der Waals surface area (Å²) in [6.07, 6.45) is 0.303. The summed E-state index contributed by atoms with van der Waals surface area (Å²) in [5.41, 5.74) is -4.24. The van der Waals surface area contributed by atoms with Crippen molar-refractivity contribution >= 4 is 60.7 Å². The van der Waals surface area contributed by atoms with Gasteiger partial charge in [-0.3, -0.25) is 9.36 Å². The summed E-state index contributed by atoms with van der Waals surface area (Å²) < 4.78 is 62.3. The molecular formula is C14H13BrF2NO6PS2. The molecule has 13 heteroatoms. The number of fused-ring (bicyclic) bond motifs is 1. The minimum Gasteiger partial charge on any atom is -0.348 e. The molecule has 1 aliphatic heterocycles. The average Bonchev–Trinajstić information content (AvgIpc) is 3.06. The van der Waals surface area contributed by atoms with Crippen molar-refractivity contribution in [2.75, 3.05) is 11.5 Å². The number of hydrogen-bond acceptors (Lipinski definition) is 5. The van der Waals surface area contributed by atoms with Gasteiger partial charge in [0.15, 0.2) is 9.84 Å². The molecule has 148 valence electrons. The first-order chi connectivity index (χ1) is 12.3. The zero-order chi connectivity index (χ0) is 20.2. The fraction of sp³-hybridized carbons (Fsp3) is 0.357. The molecule has 1 unspecified atom stereocenters. The van der Waals surface area contributed by atoms with E-state index in [2.05, 4.69) is 21.2 Å². The van der Waals surface area contributed by atoms with Gasteiger partial charge in [-0.25, -0.2) is 8.42 Å². The van der Waals surface area contributed by atoms with Gasteiger partial charge >= 0.3 is 13.3 Å². The van der Waals surface area contributed by atoms with E-state index in [1.54, 1.807) is 0 Å². The Hall–Kier alpha value is -0.910. The highest BCUT2D eigenvalue weighted by molar-refractivity contribution is 9.10. The Kier molecular flexibility index (Phi) is 5.28. The maximum atomic E-state index is 14.0. The molecule has 0 aliphatic carbocycles. The van der Waals surface area contributed by atoms with Gasteiger partial charge in [0.25, 0.3) is 5.91 Å². The molecule has 0 radical (unpaired) electrons. The van der Waals surface area contributed by atoms with Gasteiger partial charge in [-0.2, -0.15) is 8.78 Å². The van der Waals surface area contributed by atoms with Crippen LogP contribution in [-0.2, 0) is 20.1 Å². The van der Waals surface area contributed by atoms with E-state index >= 15 is 0 Å². The van der Waals surface area contributed by atoms with Crippen LogP contribution in [0.5, 0.6) is 0 Å². The summed E-state index contributed by atoms with van der Waals surface area (Å²) in [4.78, 5) is 29.4. The summed E-state index contributed by atoms with van der Waals surface area (Å²) >= 11 is 3.45. The highest BCUT2D eigenvalue weighted by Crippen LogP contribution is 2.62. The minimum atomic E-state index is -5.73. The van der Waals surface area contributed by atoms with Gasteiger partial charge in [0.05, 0.1) is 11.5 Å². The first-order valence-electron chi connectivity index (χ1n) is 7.49. The molecule has 1 amide bonds. The van der Waals surface area contributed by atoms with E-state index in [1.807, 2.05) is 0 Å². The van der Waals surface area contributed by atoms with E-state index in [4.69, 9.17) is 9.79 Å². The first-order valence-corrected chi connectivity index (χ1v) is 12.5. The SMILES string of the molecule is O=C(NC1CCS(=O)(=O)C1)c1ccc2sc(C(F)(F)P(=O)(O)O)c(Br)c2c1. The van der Waals surface area contributed by atoms with Crippen LogP contribution in [0.2, 0.25) is 0 Å². The molecule has 0 bridgehead atoms. The molecule has 27 heavy (non-hydrogen) atoms. The number of benzene rings is 1. The largest absolute Gasteiger partial charge is 0.400 e. The lowest BCUT2D eigenvalue weighted by molar-refractivity contribution is 0.0595. The van der Waals surface area contributed by atoms with Crippen LogP contribution in [0.25, 0.3) is 10.1 Å². The third kappa shape index (κ3) is 3.96. The van der Waals surface area contributed by atoms with Gasteiger partial charge in [-0.15, -0.1) is 11.3 Å². The summed E-state index contributed by atoms with van der Waals surface area (Å²) in [5, 5.41) is 2.80. The van der Waals surface area contributed by atoms with Crippen molar-refractivity contribution < 1.29 is 36.3 Å². The van der Waals surface area contributed by atoms with E-state index in [1.165, 1.54) is 18.2 Å². The average molecular weight is 504 g/mol. The standard InChI is InChI=1S/C14H13BrF2NO6PS2/c15-11-9-5-7(13(19)18-8-3-4-27(23,24)6-8)1-2-10(9)26-12(11)14(16,17)25(20,21)22/h1-2,5,8H,3-4,6H2,(H,18,19)(H2,20,21,22). The number of alkyl halides is 2. The topological polar surface area (TPSA) is 121 Å². The Balaban J connectivity index is 1.93. The third-order valence-electron chi connectivity index (χ3n) is 4.10. The number of rotatable bonds is 4. The Morgan fingerprint density at radius 1 is 1.37 bits per heavy atom. The number of hydrogen-bond donors (Lipinski definition) is 3. The van der Waals surface area contributed by atoms with Crippen molar-refractivity contribution in [2.24, 2.45) is 0 Å². The Labute approximate surface area is 165 Å². The van der Waals surface area contributed by atoms with E-state index < -0.39 is 39.9 Å². The molecule has 0 saturated carbocycles. The second-order valence-corrected chi connectivity index (χ2v) is 11.8. The number of carbonyl (C=O) groups excluding carboxylic acids is 1. The number of thiophene rings is 1. The molecule has 1 aliphatic rings. The fourth-order valence-corrected chi connectivity index (χ4v) is 7.31. The quantitative estimate of drug-likeness (QED) is 0.551. The Morgan fingerprint density at radius 3 is 2.59 bits per heavy atom. The zero-order valence-electron chi connectivity index (χ0n) is 13.4. The number of sulfone groups is 1. The molecule has 2 heterocycles. The highest BCUT2D eigenvalue weighted by atomic mass is 79.9. The lowest BCUT2D eigenvalue weighted by Gasteiger charge is -2.16. The first kappa shape index (κ1) is 20.8. The van der Waals surface area contributed by atoms with Crippen molar-refractivity contribution in [2.45, 2.75) is 18.1 Å². The summed E-state index contributed by atoms with van der Waals surface area (Å²) in [6.45, 7) is 0. The maximum Gasteiger partial charge on any atom is 0.400 e. The van der Waals surface area contributed by atoms with Crippen molar-refractivity contribution in [1.82, 2.24) is 5.32 Å². The molecule has 1 saturated heterocycles. The summed E-state index contributed by atoms with van der Waals surface area (Å²) in [5.74, 6) is -0.712. The lowest BCUT2D eigenvalue weighted by Crippen LogP contribution is -2.35. The number of carbonyl (C=O) groups is 1. The minimum absolute atomic E-state index is 0.00607. The number of amides is 1. The van der Waals surface area contributed by atoms with Gasteiger partial charge in [0.1, 0.15) is 4.88 Å². The van der Waals surface area contributed by atoms with Crippen molar-refractivity contribution in [3.05, 3.63) is 33.1 Å². The van der Waals surface area contributed by atoms with E-state index in [0.717, 1.165) is 0 Å². The molecule has 1 fully saturated rings. The molecule has 1 aromatic carbocycles. The van der Waals surface area contributed by atoms with Crippen LogP contribution in [0.4, 0.5) is 8.78 Å². The van der Waals surface area contributed by atoms with Crippen LogP contribution < -0.4 is 5.32 Å². The zero-order valence-corrected chi connectivity index (χ0v) is 17.5. The van der Waals surface area contributed by atoms with Crippen LogP contribution in [0, 0.1) is 0 Å². The number of nitrogens with one attached hydrogen (secondary N) is 1. The molecular weight excluding hydrogens is 491 g/mol. The van der Waals surface area contributed by atoms with Gasteiger partial charge in [-0.05, 0) is 40.5 Å². The molecule has 7 nitrogen and oxygen atoms in total. The molecule has 2 aromatic rings.